The van der Waals surface area contributed by atoms with Gasteiger partial charge in [-0.05, 0) is 0 Å². The molecule has 0 fully saturated rings. The molecule has 0 saturated heterocycles. The van der Waals surface area contributed by atoms with E-state index in [1.807, 2.05) is 0 Å². The molecule has 0 aliphatic heterocycles. The number of nitrogens with zero attached hydrogens (tertiary/aromatic N) is 1. The third-order valence-corrected chi connectivity index (χ3v) is 0.0430. The Hall–Kier alpha value is -0.480. The number of rotatable bonds is 1. The minimum Gasteiger partial charge on any atom is -0.605 e. The van der Waals surface area contributed by atoms with Gasteiger partial charge in [0, 0.05) is 0 Å². The maximum absolute atomic E-state index is 8.69. The molecule has 0 saturated carbocycles. The Morgan fingerprint density at radius 3 is 2.25 bits per heavy atom. The zero-order valence-electron chi connectivity index (χ0n) is 1.84. The van der Waals surface area contributed by atoms with E-state index in [1.54, 1.807) is 5.29 Å². The van der Waals surface area contributed by atoms with Crippen molar-refractivity contribution in [2.45, 2.75) is 0 Å². The van der Waals surface area contributed by atoms with Crippen molar-refractivity contribution in [3.05, 3.63) is 10.1 Å². The highest BCUT2D eigenvalue weighted by Gasteiger charge is 1.39. The first-order valence-corrected chi connectivity index (χ1v) is 0.676. The van der Waals surface area contributed by atoms with Gasteiger partial charge in [0.2, 0.25) is 0 Å². The van der Waals surface area contributed by atoms with Crippen molar-refractivity contribution >= 4 is 0 Å². The molecule has 4 heavy (non-hydrogen) atoms. The fraction of sp³-hybridized carbons (Fsp3) is 0. The lowest BCUT2D eigenvalue weighted by Crippen LogP contribution is -2.69. The van der Waals surface area contributed by atoms with E-state index < -0.39 is 0 Å². The first-order valence-electron chi connectivity index (χ1n) is 0.676. The molecule has 0 heterocycles. The average Bonchev–Trinajstić information content (AvgIpc) is 1.37. The van der Waals surface area contributed by atoms with Gasteiger partial charge in [0.25, 0.3) is 0 Å². The summed E-state index contributed by atoms with van der Waals surface area (Å²) in [7, 11) is 0. The van der Waals surface area contributed by atoms with Crippen LogP contribution in [-0.2, 0) is 0 Å². The van der Waals surface area contributed by atoms with E-state index in [0.29, 0.717) is 0 Å². The van der Waals surface area contributed by atoms with Gasteiger partial charge >= 0.3 is 0 Å². The van der Waals surface area contributed by atoms with Crippen LogP contribution in [0.2, 0.25) is 0 Å². The third-order valence-electron chi connectivity index (χ3n) is 0.0430. The molecule has 24 valence electrons. The Morgan fingerprint density at radius 2 is 2.25 bits per heavy atom. The summed E-state index contributed by atoms with van der Waals surface area (Å²) in [4.78, 5) is 8.56. The van der Waals surface area contributed by atoms with Gasteiger partial charge in [0.1, 0.15) is 5.29 Å². The molecule has 0 aromatic heterocycles. The van der Waals surface area contributed by atoms with Crippen LogP contribution in [0.5, 0.6) is 0 Å². The molecule has 0 atom stereocenters. The summed E-state index contributed by atoms with van der Waals surface area (Å²) in [6, 6.07) is 0. The van der Waals surface area contributed by atoms with Crippen molar-refractivity contribution in [1.29, 1.82) is 0 Å². The summed E-state index contributed by atoms with van der Waals surface area (Å²) < 4.78 is 0. The smallest absolute Gasteiger partial charge is 0.150 e. The lowest BCUT2D eigenvalue weighted by atomic mass is 12.8. The van der Waals surface area contributed by atoms with Crippen LogP contribution in [-0.4, -0.2) is 0 Å². The Labute approximate surface area is 22.3 Å². The van der Waals surface area contributed by atoms with E-state index in [0.717, 1.165) is 0 Å². The lowest BCUT2D eigenvalue weighted by molar-refractivity contribution is -0.597. The fourth-order valence-corrected chi connectivity index (χ4v) is 0. The minimum atomic E-state index is -0.0556. The Kier molecular flexibility index (Phi) is 2.22. The second kappa shape index (κ2) is 2.52. The maximum atomic E-state index is 8.69. The number of hydrogen-bond acceptors (Lipinski definition) is 3. The molecule has 2 N–H and O–H groups in total. The molecule has 0 amide bonds. The molecule has 0 bridgehead atoms. The monoisotopic (exact) mass is 62.0 g/mol. The van der Waals surface area contributed by atoms with Gasteiger partial charge in [0.05, 0.1) is 0 Å². The zero-order chi connectivity index (χ0) is 3.41. The Bertz CT molecular complexity index is 18.0. The van der Waals surface area contributed by atoms with Crippen LogP contribution in [0.15, 0.2) is 5.29 Å². The Morgan fingerprint density at radius 1 is 2.00 bits per heavy atom. The molecule has 4 heteroatoms. The maximum Gasteiger partial charge on any atom is 0.150 e. The van der Waals surface area contributed by atoms with Gasteiger partial charge in [-0.2, -0.15) is 0 Å². The molecule has 0 aromatic rings. The van der Waals surface area contributed by atoms with Crippen LogP contribution in [0.25, 0.3) is 0 Å². The topological polar surface area (TPSA) is 69.1 Å². The van der Waals surface area contributed by atoms with Gasteiger partial charge in [-0.25, -0.2) is 5.59 Å². The molecule has 0 aliphatic rings. The summed E-state index contributed by atoms with van der Waals surface area (Å²) >= 11 is 0. The van der Waals surface area contributed by atoms with Crippen LogP contribution in [0.1, 0.15) is 0 Å². The summed E-state index contributed by atoms with van der Waals surface area (Å²) in [5.74, 6) is 0. The zero-order valence-corrected chi connectivity index (χ0v) is 1.84. The normalized spacial score (nSPS) is 6.25. The number of nitroso groups, excluding NO2 is 1. The third kappa shape index (κ3) is 1.52. The lowest BCUT2D eigenvalue weighted by Gasteiger charge is -1.73. The summed E-state index contributed by atoms with van der Waals surface area (Å²) in [6.07, 6.45) is 0. The summed E-state index contributed by atoms with van der Waals surface area (Å²) in [5.41, 5.74) is -0.0556. The Balaban J connectivity index is 2.30. The van der Waals surface area contributed by atoms with Crippen molar-refractivity contribution in [2.75, 3.05) is 0 Å². The largest absolute Gasteiger partial charge is 0.605 e. The first kappa shape index (κ1) is 3.52. The highest BCUT2D eigenvalue weighted by molar-refractivity contribution is 3.89. The second-order valence-electron chi connectivity index (χ2n) is 0.211. The quantitative estimate of drug-likeness (QED) is 0.234. The summed E-state index contributed by atoms with van der Waals surface area (Å²) in [6.45, 7) is 0. The molecule has 0 radical (unpaired) electrons. The van der Waals surface area contributed by atoms with Gasteiger partial charge < -0.3 is 5.21 Å². The van der Waals surface area contributed by atoms with E-state index in [2.05, 4.69) is 0 Å². The molecular weight excluding hydrogens is 60.0 g/mol. The fourth-order valence-electron chi connectivity index (χ4n) is 0. The molecule has 4 nitrogen and oxygen atoms in total. The minimum absolute atomic E-state index is 0.0556. The predicted molar refractivity (Wildman–Crippen MR) is 11.1 cm³/mol. The predicted octanol–water partition coefficient (Wildman–Crippen LogP) is -1.27. The number of hydrogen-bond donors (Lipinski definition) is 1. The SMILES string of the molecule is O=N[NH2+][O-]. The van der Waals surface area contributed by atoms with Crippen molar-refractivity contribution in [2.24, 2.45) is 5.29 Å². The highest BCUT2D eigenvalue weighted by atomic mass is 16.5. The van der Waals surface area contributed by atoms with E-state index in [9.17, 15) is 0 Å². The molecule has 0 rings (SSSR count). The molecule has 0 unspecified atom stereocenters. The molecular formula is H2N2O2. The van der Waals surface area contributed by atoms with Crippen LogP contribution < -0.4 is 5.59 Å². The van der Waals surface area contributed by atoms with Gasteiger partial charge in [0.15, 0.2) is 0 Å². The molecule has 0 aliphatic carbocycles. The van der Waals surface area contributed by atoms with E-state index in [-0.39, 0.29) is 5.59 Å². The van der Waals surface area contributed by atoms with Crippen LogP contribution in [0.3, 0.4) is 0 Å². The van der Waals surface area contributed by atoms with Crippen LogP contribution >= 0.6 is 0 Å². The molecule has 0 spiro atoms. The van der Waals surface area contributed by atoms with Crippen LogP contribution in [0, 0.1) is 10.1 Å². The van der Waals surface area contributed by atoms with E-state index in [4.69, 9.17) is 10.1 Å². The first-order chi connectivity index (χ1) is 1.91. The van der Waals surface area contributed by atoms with E-state index >= 15 is 0 Å². The van der Waals surface area contributed by atoms with Crippen molar-refractivity contribution < 1.29 is 5.59 Å². The molecule has 0 aromatic carbocycles. The average molecular weight is 62.0 g/mol. The van der Waals surface area contributed by atoms with Crippen molar-refractivity contribution in [1.82, 2.24) is 0 Å². The van der Waals surface area contributed by atoms with Gasteiger partial charge in [-0.1, -0.05) is 4.91 Å². The second-order valence-corrected chi connectivity index (χ2v) is 0.211. The van der Waals surface area contributed by atoms with Gasteiger partial charge in [-0.3, -0.25) is 0 Å². The van der Waals surface area contributed by atoms with Crippen molar-refractivity contribution in [3.63, 3.8) is 0 Å². The summed E-state index contributed by atoms with van der Waals surface area (Å²) in [5, 5.41) is 10.5. The van der Waals surface area contributed by atoms with Crippen molar-refractivity contribution in [3.8, 4) is 0 Å². The standard InChI is InChI=1S/H2N2O2/c3-1-2-4/h1H2. The van der Waals surface area contributed by atoms with Crippen LogP contribution in [0.4, 0.5) is 0 Å². The van der Waals surface area contributed by atoms with Gasteiger partial charge in [-0.15, -0.1) is 0 Å². The van der Waals surface area contributed by atoms with E-state index in [1.165, 1.54) is 0 Å². The highest BCUT2D eigenvalue weighted by Crippen LogP contribution is 1.12. The number of quaternary nitrogens is 1. The number of nitrogens with two attached hydrogens (primary N) is 1.